The molecule has 0 amide bonds. The van der Waals surface area contributed by atoms with Crippen LogP contribution < -0.4 is 0 Å². The van der Waals surface area contributed by atoms with Gasteiger partial charge in [-0.25, -0.2) is 0 Å². The van der Waals surface area contributed by atoms with E-state index in [2.05, 4.69) is 29.0 Å². The van der Waals surface area contributed by atoms with Crippen LogP contribution >= 0.6 is 12.2 Å². The Kier molecular flexibility index (Phi) is 4.85. The maximum Gasteiger partial charge on any atom is 0.195 e. The fourth-order valence-electron chi connectivity index (χ4n) is 2.04. The third-order valence-corrected chi connectivity index (χ3v) is 3.38. The highest BCUT2D eigenvalue weighted by molar-refractivity contribution is 7.71. The number of unbranched alkanes of at least 4 members (excludes halogenated alkanes) is 1. The molecule has 0 aliphatic rings. The lowest BCUT2D eigenvalue weighted by Gasteiger charge is -2.07. The van der Waals surface area contributed by atoms with Crippen LogP contribution in [0, 0.1) is 10.7 Å². The highest BCUT2D eigenvalue weighted by atomic mass is 32.1. The minimum Gasteiger partial charge on any atom is -0.299 e. The van der Waals surface area contributed by atoms with Crippen LogP contribution in [0.4, 0.5) is 0 Å². The molecule has 1 N–H and O–H groups in total. The summed E-state index contributed by atoms with van der Waals surface area (Å²) in [5.74, 6) is 1.59. The number of aromatic nitrogens is 4. The highest BCUT2D eigenvalue weighted by Crippen LogP contribution is 2.15. The van der Waals surface area contributed by atoms with Crippen molar-refractivity contribution < 1.29 is 0 Å². The van der Waals surface area contributed by atoms with Crippen molar-refractivity contribution in [1.29, 1.82) is 0 Å². The number of pyridine rings is 1. The van der Waals surface area contributed by atoms with Crippen molar-refractivity contribution in [2.24, 2.45) is 5.92 Å². The van der Waals surface area contributed by atoms with Gasteiger partial charge in [0.25, 0.3) is 0 Å². The molecule has 4 nitrogen and oxygen atoms in total. The molecule has 0 unspecified atom stereocenters. The standard InChI is InChI=1S/C14H20N4S/c1-11(2)7-4-6-10-18-13(16-17-14(18)19)12-8-3-5-9-15-12/h3,5,8-9,11H,4,6-7,10H2,1-2H3,(H,17,19). The molecule has 2 aromatic rings. The van der Waals surface area contributed by atoms with Gasteiger partial charge in [0.2, 0.25) is 0 Å². The molecule has 5 heteroatoms. The summed E-state index contributed by atoms with van der Waals surface area (Å²) in [6.45, 7) is 5.40. The molecule has 102 valence electrons. The molecule has 2 aromatic heterocycles. The van der Waals surface area contributed by atoms with Crippen LogP contribution in [-0.4, -0.2) is 19.7 Å². The Morgan fingerprint density at radius 2 is 2.16 bits per heavy atom. The summed E-state index contributed by atoms with van der Waals surface area (Å²) in [5, 5.41) is 7.14. The van der Waals surface area contributed by atoms with Crippen LogP contribution in [0.3, 0.4) is 0 Å². The van der Waals surface area contributed by atoms with Crippen LogP contribution in [0.15, 0.2) is 24.4 Å². The summed E-state index contributed by atoms with van der Waals surface area (Å²) in [6.07, 6.45) is 5.36. The Morgan fingerprint density at radius 3 is 2.84 bits per heavy atom. The van der Waals surface area contributed by atoms with Gasteiger partial charge in [0, 0.05) is 12.7 Å². The zero-order valence-electron chi connectivity index (χ0n) is 11.5. The second-order valence-corrected chi connectivity index (χ2v) is 5.50. The van der Waals surface area contributed by atoms with Gasteiger partial charge < -0.3 is 0 Å². The van der Waals surface area contributed by atoms with Gasteiger partial charge in [-0.2, -0.15) is 5.10 Å². The van der Waals surface area contributed by atoms with E-state index in [9.17, 15) is 0 Å². The van der Waals surface area contributed by atoms with E-state index in [1.807, 2.05) is 22.8 Å². The Hall–Kier alpha value is -1.49. The predicted octanol–water partition coefficient (Wildman–Crippen LogP) is 3.83. The van der Waals surface area contributed by atoms with Gasteiger partial charge in [0.05, 0.1) is 0 Å². The zero-order chi connectivity index (χ0) is 13.7. The number of aromatic amines is 1. The average molecular weight is 276 g/mol. The summed E-state index contributed by atoms with van der Waals surface area (Å²) in [4.78, 5) is 4.33. The van der Waals surface area contributed by atoms with E-state index in [0.29, 0.717) is 4.77 Å². The fraction of sp³-hybridized carbons (Fsp3) is 0.500. The summed E-state index contributed by atoms with van der Waals surface area (Å²) in [7, 11) is 0. The molecule has 0 aromatic carbocycles. The molecule has 0 saturated heterocycles. The molecule has 2 rings (SSSR count). The fourth-order valence-corrected chi connectivity index (χ4v) is 2.26. The minimum atomic E-state index is 0.671. The number of hydrogen-bond acceptors (Lipinski definition) is 3. The monoisotopic (exact) mass is 276 g/mol. The lowest BCUT2D eigenvalue weighted by molar-refractivity contribution is 0.508. The van der Waals surface area contributed by atoms with Crippen LogP contribution in [0.25, 0.3) is 11.5 Å². The van der Waals surface area contributed by atoms with Crippen LogP contribution in [-0.2, 0) is 6.54 Å². The molecular weight excluding hydrogens is 256 g/mol. The van der Waals surface area contributed by atoms with E-state index in [1.54, 1.807) is 6.20 Å². The second kappa shape index (κ2) is 6.61. The van der Waals surface area contributed by atoms with Crippen LogP contribution in [0.2, 0.25) is 0 Å². The predicted molar refractivity (Wildman–Crippen MR) is 79.3 cm³/mol. The SMILES string of the molecule is CC(C)CCCCn1c(-c2ccccn2)n[nH]c1=S. The zero-order valence-corrected chi connectivity index (χ0v) is 12.3. The van der Waals surface area contributed by atoms with Crippen LogP contribution in [0.1, 0.15) is 33.1 Å². The molecule has 0 aliphatic carbocycles. The van der Waals surface area contributed by atoms with Crippen molar-refractivity contribution in [1.82, 2.24) is 19.7 Å². The summed E-state index contributed by atoms with van der Waals surface area (Å²) in [5.41, 5.74) is 0.860. The van der Waals surface area contributed by atoms with Crippen LogP contribution in [0.5, 0.6) is 0 Å². The van der Waals surface area contributed by atoms with E-state index >= 15 is 0 Å². The largest absolute Gasteiger partial charge is 0.299 e. The van der Waals surface area contributed by atoms with E-state index in [-0.39, 0.29) is 0 Å². The minimum absolute atomic E-state index is 0.671. The molecule has 0 radical (unpaired) electrons. The molecule has 0 bridgehead atoms. The van der Waals surface area contributed by atoms with Gasteiger partial charge in [-0.3, -0.25) is 14.6 Å². The molecule has 0 fully saturated rings. The maximum atomic E-state index is 5.29. The molecule has 0 aliphatic heterocycles. The molecule has 0 atom stereocenters. The topological polar surface area (TPSA) is 46.5 Å². The number of nitrogens with zero attached hydrogens (tertiary/aromatic N) is 3. The Labute approximate surface area is 118 Å². The molecule has 2 heterocycles. The van der Waals surface area contributed by atoms with E-state index in [4.69, 9.17) is 12.2 Å². The maximum absolute atomic E-state index is 5.29. The van der Waals surface area contributed by atoms with Crippen molar-refractivity contribution >= 4 is 12.2 Å². The van der Waals surface area contributed by atoms with Crippen molar-refractivity contribution in [3.05, 3.63) is 29.2 Å². The first-order valence-electron chi connectivity index (χ1n) is 6.75. The first-order chi connectivity index (χ1) is 9.18. The number of H-pyrrole nitrogens is 1. The summed E-state index contributed by atoms with van der Waals surface area (Å²) < 4.78 is 2.71. The third-order valence-electron chi connectivity index (χ3n) is 3.07. The van der Waals surface area contributed by atoms with Gasteiger partial charge in [-0.05, 0) is 36.7 Å². The van der Waals surface area contributed by atoms with Gasteiger partial charge in [0.1, 0.15) is 5.69 Å². The molecular formula is C14H20N4S. The Morgan fingerprint density at radius 1 is 1.32 bits per heavy atom. The van der Waals surface area contributed by atoms with Gasteiger partial charge >= 0.3 is 0 Å². The smallest absolute Gasteiger partial charge is 0.195 e. The average Bonchev–Trinajstić information content (AvgIpc) is 2.77. The molecule has 19 heavy (non-hydrogen) atoms. The number of nitrogens with one attached hydrogen (secondary N) is 1. The second-order valence-electron chi connectivity index (χ2n) is 5.11. The van der Waals surface area contributed by atoms with Crippen molar-refractivity contribution in [2.75, 3.05) is 0 Å². The Bertz CT molecular complexity index is 556. The van der Waals surface area contributed by atoms with Gasteiger partial charge in [-0.15, -0.1) is 0 Å². The van der Waals surface area contributed by atoms with Gasteiger partial charge in [-0.1, -0.05) is 32.8 Å². The van der Waals surface area contributed by atoms with E-state index in [1.165, 1.54) is 12.8 Å². The quantitative estimate of drug-likeness (QED) is 0.644. The molecule has 0 saturated carbocycles. The van der Waals surface area contributed by atoms with E-state index in [0.717, 1.165) is 30.4 Å². The van der Waals surface area contributed by atoms with Crippen molar-refractivity contribution in [2.45, 2.75) is 39.7 Å². The molecule has 0 spiro atoms. The van der Waals surface area contributed by atoms with Crippen molar-refractivity contribution in [3.63, 3.8) is 0 Å². The lowest BCUT2D eigenvalue weighted by Crippen LogP contribution is -2.02. The first kappa shape index (κ1) is 13.9. The summed E-state index contributed by atoms with van der Waals surface area (Å²) >= 11 is 5.29. The Balaban J connectivity index is 2.08. The lowest BCUT2D eigenvalue weighted by atomic mass is 10.1. The number of rotatable bonds is 6. The normalized spacial score (nSPS) is 11.1. The van der Waals surface area contributed by atoms with E-state index < -0.39 is 0 Å². The number of hydrogen-bond donors (Lipinski definition) is 1. The third kappa shape index (κ3) is 3.73. The van der Waals surface area contributed by atoms with Gasteiger partial charge in [0.15, 0.2) is 10.6 Å². The summed E-state index contributed by atoms with van der Waals surface area (Å²) in [6, 6.07) is 5.82. The first-order valence-corrected chi connectivity index (χ1v) is 7.16. The van der Waals surface area contributed by atoms with Crippen molar-refractivity contribution in [3.8, 4) is 11.5 Å². The highest BCUT2D eigenvalue weighted by Gasteiger charge is 2.09.